The van der Waals surface area contributed by atoms with Gasteiger partial charge in [-0.1, -0.05) is 0 Å². The van der Waals surface area contributed by atoms with Crippen molar-refractivity contribution in [2.24, 2.45) is 10.8 Å². The molecule has 0 unspecified atom stereocenters. The minimum atomic E-state index is 0.220. The average molecular weight is 184 g/mol. The minimum absolute atomic E-state index is 0.220. The van der Waals surface area contributed by atoms with Crippen molar-refractivity contribution in [3.63, 3.8) is 0 Å². The summed E-state index contributed by atoms with van der Waals surface area (Å²) >= 11 is 1.52. The van der Waals surface area contributed by atoms with Crippen molar-refractivity contribution in [3.05, 3.63) is 16.6 Å². The molecular weight excluding hydrogens is 172 g/mol. The second kappa shape index (κ2) is 4.18. The molecule has 0 spiro atoms. The summed E-state index contributed by atoms with van der Waals surface area (Å²) in [6.07, 6.45) is 0. The fourth-order valence-electron chi connectivity index (χ4n) is 0.765. The van der Waals surface area contributed by atoms with Crippen molar-refractivity contribution in [2.45, 2.75) is 19.9 Å². The van der Waals surface area contributed by atoms with Crippen LogP contribution in [0.4, 0.5) is 0 Å². The van der Waals surface area contributed by atoms with E-state index in [1.807, 2.05) is 19.2 Å². The van der Waals surface area contributed by atoms with Gasteiger partial charge in [0.25, 0.3) is 0 Å². The molecule has 0 atom stereocenters. The Hall–Kier alpha value is -0.940. The van der Waals surface area contributed by atoms with E-state index in [0.29, 0.717) is 5.84 Å². The van der Waals surface area contributed by atoms with Gasteiger partial charge in [0.2, 0.25) is 0 Å². The molecule has 0 bridgehead atoms. The molecule has 12 heavy (non-hydrogen) atoms. The third-order valence-corrected chi connectivity index (χ3v) is 1.79. The number of aromatic nitrogens is 1. The molecule has 0 aliphatic rings. The Morgan fingerprint density at radius 3 is 2.92 bits per heavy atom. The summed E-state index contributed by atoms with van der Waals surface area (Å²) in [5.74, 6) is 5.94. The van der Waals surface area contributed by atoms with Gasteiger partial charge in [-0.15, -0.1) is 11.3 Å². The van der Waals surface area contributed by atoms with Gasteiger partial charge in [-0.05, 0) is 13.8 Å². The average Bonchev–Trinajstić information content (AvgIpc) is 2.51. The van der Waals surface area contributed by atoms with Crippen LogP contribution in [-0.4, -0.2) is 16.9 Å². The van der Waals surface area contributed by atoms with Crippen LogP contribution in [0.15, 0.2) is 15.9 Å². The predicted octanol–water partition coefficient (Wildman–Crippen LogP) is 0.761. The smallest absolute Gasteiger partial charge is 0.162 e. The zero-order valence-electron chi connectivity index (χ0n) is 7.11. The molecule has 0 aliphatic heterocycles. The maximum absolute atomic E-state index is 5.30. The van der Waals surface area contributed by atoms with Crippen LogP contribution in [-0.2, 0) is 0 Å². The van der Waals surface area contributed by atoms with E-state index in [-0.39, 0.29) is 6.04 Å². The lowest BCUT2D eigenvalue weighted by atomic mass is 10.4. The van der Waals surface area contributed by atoms with Crippen LogP contribution in [0.2, 0.25) is 0 Å². The van der Waals surface area contributed by atoms with Crippen LogP contribution in [0.1, 0.15) is 19.5 Å². The van der Waals surface area contributed by atoms with Gasteiger partial charge in [0.05, 0.1) is 5.51 Å². The molecule has 1 aromatic rings. The molecule has 1 rings (SSSR count). The van der Waals surface area contributed by atoms with E-state index in [9.17, 15) is 0 Å². The highest BCUT2D eigenvalue weighted by Crippen LogP contribution is 2.02. The van der Waals surface area contributed by atoms with Gasteiger partial charge in [0, 0.05) is 11.4 Å². The van der Waals surface area contributed by atoms with Crippen LogP contribution >= 0.6 is 11.3 Å². The molecule has 1 aromatic heterocycles. The quantitative estimate of drug-likeness (QED) is 0.309. The van der Waals surface area contributed by atoms with E-state index in [4.69, 9.17) is 5.84 Å². The zero-order valence-corrected chi connectivity index (χ0v) is 7.93. The van der Waals surface area contributed by atoms with E-state index in [1.54, 1.807) is 5.51 Å². The molecule has 0 radical (unpaired) electrons. The molecule has 0 fully saturated rings. The van der Waals surface area contributed by atoms with Gasteiger partial charge in [0.1, 0.15) is 5.69 Å². The van der Waals surface area contributed by atoms with E-state index in [0.717, 1.165) is 5.69 Å². The first kappa shape index (κ1) is 9.15. The Bertz CT molecular complexity index is 252. The Morgan fingerprint density at radius 2 is 2.50 bits per heavy atom. The Labute approximate surface area is 75.5 Å². The van der Waals surface area contributed by atoms with E-state index in [1.165, 1.54) is 11.3 Å². The lowest BCUT2D eigenvalue weighted by Gasteiger charge is -2.03. The fourth-order valence-corrected chi connectivity index (χ4v) is 1.30. The largest absolute Gasteiger partial charge is 0.307 e. The SMILES string of the molecule is CC(C)N=C(NN)c1cscn1. The van der Waals surface area contributed by atoms with Crippen molar-refractivity contribution >= 4 is 17.2 Å². The van der Waals surface area contributed by atoms with Gasteiger partial charge in [-0.25, -0.2) is 10.8 Å². The number of nitrogens with two attached hydrogens (primary N) is 1. The Balaban J connectivity index is 2.83. The number of nitrogens with one attached hydrogen (secondary N) is 1. The summed E-state index contributed by atoms with van der Waals surface area (Å²) in [4.78, 5) is 8.35. The van der Waals surface area contributed by atoms with Crippen LogP contribution in [0.3, 0.4) is 0 Å². The number of amidine groups is 1. The van der Waals surface area contributed by atoms with Crippen molar-refractivity contribution in [2.75, 3.05) is 0 Å². The second-order valence-electron chi connectivity index (χ2n) is 2.59. The molecule has 5 heteroatoms. The molecular formula is C7H12N4S. The summed E-state index contributed by atoms with van der Waals surface area (Å²) < 4.78 is 0. The number of hydrazine groups is 1. The van der Waals surface area contributed by atoms with Gasteiger partial charge in [-0.3, -0.25) is 4.99 Å². The highest BCUT2D eigenvalue weighted by molar-refractivity contribution is 7.07. The number of aliphatic imine (C=N–C) groups is 1. The number of rotatable bonds is 2. The molecule has 0 saturated carbocycles. The summed E-state index contributed by atoms with van der Waals surface area (Å²) in [6, 6.07) is 0.220. The lowest BCUT2D eigenvalue weighted by molar-refractivity contribution is 0.819. The van der Waals surface area contributed by atoms with Gasteiger partial charge < -0.3 is 5.43 Å². The summed E-state index contributed by atoms with van der Waals surface area (Å²) in [6.45, 7) is 3.98. The van der Waals surface area contributed by atoms with E-state index in [2.05, 4.69) is 15.4 Å². The molecule has 0 aliphatic carbocycles. The first-order valence-corrected chi connectivity index (χ1v) is 4.61. The monoisotopic (exact) mass is 184 g/mol. The van der Waals surface area contributed by atoms with Crippen molar-refractivity contribution in [1.29, 1.82) is 0 Å². The molecule has 0 saturated heterocycles. The zero-order chi connectivity index (χ0) is 8.97. The molecule has 1 heterocycles. The topological polar surface area (TPSA) is 63.3 Å². The minimum Gasteiger partial charge on any atom is -0.307 e. The summed E-state index contributed by atoms with van der Waals surface area (Å²) in [7, 11) is 0. The summed E-state index contributed by atoms with van der Waals surface area (Å²) in [5.41, 5.74) is 5.08. The molecule has 66 valence electrons. The molecule has 4 nitrogen and oxygen atoms in total. The third-order valence-electron chi connectivity index (χ3n) is 1.20. The van der Waals surface area contributed by atoms with Crippen molar-refractivity contribution < 1.29 is 0 Å². The van der Waals surface area contributed by atoms with Crippen LogP contribution in [0, 0.1) is 0 Å². The molecule has 0 amide bonds. The van der Waals surface area contributed by atoms with Gasteiger partial charge in [-0.2, -0.15) is 0 Å². The van der Waals surface area contributed by atoms with Crippen LogP contribution in [0.5, 0.6) is 0 Å². The Kier molecular flexibility index (Phi) is 3.19. The van der Waals surface area contributed by atoms with Crippen LogP contribution in [0.25, 0.3) is 0 Å². The van der Waals surface area contributed by atoms with E-state index >= 15 is 0 Å². The van der Waals surface area contributed by atoms with Gasteiger partial charge in [0.15, 0.2) is 5.84 Å². The lowest BCUT2D eigenvalue weighted by Crippen LogP contribution is -2.32. The molecule has 3 N–H and O–H groups in total. The number of nitrogens with zero attached hydrogens (tertiary/aromatic N) is 2. The van der Waals surface area contributed by atoms with Gasteiger partial charge >= 0.3 is 0 Å². The third kappa shape index (κ3) is 2.28. The van der Waals surface area contributed by atoms with Crippen molar-refractivity contribution in [1.82, 2.24) is 10.4 Å². The summed E-state index contributed by atoms with van der Waals surface area (Å²) in [5, 5.41) is 1.90. The van der Waals surface area contributed by atoms with Crippen LogP contribution < -0.4 is 11.3 Å². The first-order chi connectivity index (χ1) is 5.74. The number of hydrogen-bond donors (Lipinski definition) is 2. The van der Waals surface area contributed by atoms with E-state index < -0.39 is 0 Å². The Morgan fingerprint density at radius 1 is 1.75 bits per heavy atom. The number of hydrogen-bond acceptors (Lipinski definition) is 4. The normalized spacial score (nSPS) is 12.2. The predicted molar refractivity (Wildman–Crippen MR) is 51.1 cm³/mol. The number of thiazole rings is 1. The maximum atomic E-state index is 5.30. The fraction of sp³-hybridized carbons (Fsp3) is 0.429. The maximum Gasteiger partial charge on any atom is 0.162 e. The first-order valence-electron chi connectivity index (χ1n) is 3.67. The highest BCUT2D eigenvalue weighted by atomic mass is 32.1. The highest BCUT2D eigenvalue weighted by Gasteiger charge is 2.03. The standard InChI is InChI=1S/C7H12N4S/c1-5(2)10-7(11-8)6-3-12-4-9-6/h3-5H,8H2,1-2H3,(H,10,11). The van der Waals surface area contributed by atoms with Crippen molar-refractivity contribution in [3.8, 4) is 0 Å². The molecule has 0 aromatic carbocycles. The second-order valence-corrected chi connectivity index (χ2v) is 3.31.